The molecule has 8 heteroatoms. The number of ether oxygens (including phenoxy) is 1. The molecule has 0 N–H and O–H groups in total. The molecule has 2 atom stereocenters. The van der Waals surface area contributed by atoms with E-state index in [-0.39, 0.29) is 23.4 Å². The van der Waals surface area contributed by atoms with E-state index in [1.54, 1.807) is 25.7 Å². The molecule has 0 aliphatic carbocycles. The molecular formula is C22H25F3N2O3. The van der Waals surface area contributed by atoms with Crippen molar-refractivity contribution in [2.75, 3.05) is 0 Å². The van der Waals surface area contributed by atoms with Crippen LogP contribution >= 0.6 is 0 Å². The first-order valence-corrected chi connectivity index (χ1v) is 10.1. The molecular weight excluding hydrogens is 397 g/mol. The molecule has 162 valence electrons. The summed E-state index contributed by atoms with van der Waals surface area (Å²) in [4.78, 5) is 27.4. The summed E-state index contributed by atoms with van der Waals surface area (Å²) in [5.41, 5.74) is -2.28. The predicted octanol–water partition coefficient (Wildman–Crippen LogP) is 5.33. The number of fused-ring (bicyclic) bond motifs is 2. The highest BCUT2D eigenvalue weighted by molar-refractivity contribution is 5.98. The standard InChI is InChI=1S/C22H25F3N2O3/c1-21(2,3)30-20(29)27-16-5-4-6-17(27)10-15(9-16)19(28)13-7-8-14(12-26)18(11-13)22(23,24)25/h7-8,11,15-17H,4-6,9-10H2,1-3H3. The fourth-order valence-corrected chi connectivity index (χ4v) is 4.47. The number of piperidine rings is 2. The first-order valence-electron chi connectivity index (χ1n) is 10.1. The number of benzene rings is 1. The summed E-state index contributed by atoms with van der Waals surface area (Å²) in [6, 6.07) is 4.30. The molecule has 2 unspecified atom stereocenters. The molecule has 0 radical (unpaired) electrons. The predicted molar refractivity (Wildman–Crippen MR) is 103 cm³/mol. The monoisotopic (exact) mass is 422 g/mol. The second-order valence-electron chi connectivity index (χ2n) is 9.03. The Labute approximate surface area is 173 Å². The van der Waals surface area contributed by atoms with E-state index < -0.39 is 34.9 Å². The maximum absolute atomic E-state index is 13.3. The van der Waals surface area contributed by atoms with Gasteiger partial charge in [0.15, 0.2) is 5.78 Å². The van der Waals surface area contributed by atoms with Crippen LogP contribution in [0.5, 0.6) is 0 Å². The van der Waals surface area contributed by atoms with Crippen LogP contribution in [0.1, 0.15) is 74.4 Å². The van der Waals surface area contributed by atoms with Gasteiger partial charge >= 0.3 is 12.3 Å². The van der Waals surface area contributed by atoms with Gasteiger partial charge < -0.3 is 9.64 Å². The Morgan fingerprint density at radius 2 is 1.73 bits per heavy atom. The molecule has 2 saturated heterocycles. The molecule has 1 aromatic rings. The van der Waals surface area contributed by atoms with Gasteiger partial charge in [-0.05, 0) is 65.0 Å². The van der Waals surface area contributed by atoms with E-state index in [2.05, 4.69) is 0 Å². The summed E-state index contributed by atoms with van der Waals surface area (Å²) in [7, 11) is 0. The van der Waals surface area contributed by atoms with Gasteiger partial charge in [0.05, 0.1) is 17.2 Å². The smallest absolute Gasteiger partial charge is 0.417 e. The average molecular weight is 422 g/mol. The van der Waals surface area contributed by atoms with Crippen LogP contribution in [0, 0.1) is 17.2 Å². The first kappa shape index (κ1) is 22.1. The fraction of sp³-hybridized carbons (Fsp3) is 0.591. The van der Waals surface area contributed by atoms with E-state index in [4.69, 9.17) is 10.00 Å². The van der Waals surface area contributed by atoms with Crippen LogP contribution in [0.15, 0.2) is 18.2 Å². The normalized spacial score (nSPS) is 24.2. The van der Waals surface area contributed by atoms with Gasteiger partial charge in [0.1, 0.15) is 5.60 Å². The van der Waals surface area contributed by atoms with Crippen LogP contribution in [-0.4, -0.2) is 34.5 Å². The molecule has 5 nitrogen and oxygen atoms in total. The number of carbonyl (C=O) groups excluding carboxylic acids is 2. The number of hydrogen-bond acceptors (Lipinski definition) is 4. The molecule has 2 heterocycles. The minimum atomic E-state index is -4.71. The van der Waals surface area contributed by atoms with Gasteiger partial charge in [-0.1, -0.05) is 6.07 Å². The molecule has 3 rings (SSSR count). The van der Waals surface area contributed by atoms with Crippen molar-refractivity contribution in [2.24, 2.45) is 5.92 Å². The van der Waals surface area contributed by atoms with Crippen molar-refractivity contribution in [3.63, 3.8) is 0 Å². The van der Waals surface area contributed by atoms with Gasteiger partial charge in [0.25, 0.3) is 0 Å². The Kier molecular flexibility index (Phi) is 5.85. The highest BCUT2D eigenvalue weighted by Crippen LogP contribution is 2.40. The van der Waals surface area contributed by atoms with Gasteiger partial charge in [0.2, 0.25) is 0 Å². The lowest BCUT2D eigenvalue weighted by Gasteiger charge is -2.48. The lowest BCUT2D eigenvalue weighted by molar-refractivity contribution is -0.137. The largest absolute Gasteiger partial charge is 0.444 e. The second kappa shape index (κ2) is 7.93. The number of amides is 1. The first-order chi connectivity index (χ1) is 13.9. The molecule has 30 heavy (non-hydrogen) atoms. The third kappa shape index (κ3) is 4.61. The molecule has 2 aliphatic heterocycles. The third-order valence-electron chi connectivity index (χ3n) is 5.68. The van der Waals surface area contributed by atoms with E-state index in [9.17, 15) is 22.8 Å². The molecule has 2 bridgehead atoms. The SMILES string of the molecule is CC(C)(C)OC(=O)N1C2CCCC1CC(C(=O)c1ccc(C#N)c(C(F)(F)F)c1)C2. The Hall–Kier alpha value is -2.56. The van der Waals surface area contributed by atoms with Crippen LogP contribution in [-0.2, 0) is 10.9 Å². The number of nitrogens with zero attached hydrogens (tertiary/aromatic N) is 2. The zero-order chi connectivity index (χ0) is 22.3. The number of alkyl halides is 3. The molecule has 0 saturated carbocycles. The van der Waals surface area contributed by atoms with Gasteiger partial charge in [0, 0.05) is 23.6 Å². The van der Waals surface area contributed by atoms with Crippen molar-refractivity contribution in [3.8, 4) is 6.07 Å². The van der Waals surface area contributed by atoms with Gasteiger partial charge in [-0.2, -0.15) is 18.4 Å². The lowest BCUT2D eigenvalue weighted by atomic mass is 9.75. The van der Waals surface area contributed by atoms with E-state index in [1.165, 1.54) is 12.1 Å². The van der Waals surface area contributed by atoms with Crippen molar-refractivity contribution in [2.45, 2.75) is 76.7 Å². The number of ketones is 1. The van der Waals surface area contributed by atoms with E-state index >= 15 is 0 Å². The summed E-state index contributed by atoms with van der Waals surface area (Å²) < 4.78 is 45.3. The van der Waals surface area contributed by atoms with Crippen LogP contribution in [0.2, 0.25) is 0 Å². The minimum absolute atomic E-state index is 0.0462. The van der Waals surface area contributed by atoms with E-state index in [0.29, 0.717) is 12.8 Å². The maximum Gasteiger partial charge on any atom is 0.417 e. The van der Waals surface area contributed by atoms with Crippen LogP contribution in [0.3, 0.4) is 0 Å². The van der Waals surface area contributed by atoms with Crippen molar-refractivity contribution in [1.29, 1.82) is 5.26 Å². The van der Waals surface area contributed by atoms with E-state index in [0.717, 1.165) is 31.4 Å². The molecule has 2 aliphatic rings. The molecule has 1 aromatic carbocycles. The Morgan fingerprint density at radius 3 is 2.23 bits per heavy atom. The van der Waals surface area contributed by atoms with Crippen molar-refractivity contribution < 1.29 is 27.5 Å². The van der Waals surface area contributed by atoms with Crippen LogP contribution < -0.4 is 0 Å². The summed E-state index contributed by atoms with van der Waals surface area (Å²) in [6.45, 7) is 5.38. The highest BCUT2D eigenvalue weighted by atomic mass is 19.4. The number of Topliss-reactive ketones (excluding diaryl/α,β-unsaturated/α-hetero) is 1. The number of carbonyl (C=O) groups is 2. The molecule has 0 spiro atoms. The lowest BCUT2D eigenvalue weighted by Crippen LogP contribution is -2.56. The van der Waals surface area contributed by atoms with E-state index in [1.807, 2.05) is 0 Å². The number of halogens is 3. The van der Waals surface area contributed by atoms with Crippen molar-refractivity contribution >= 4 is 11.9 Å². The van der Waals surface area contributed by atoms with Gasteiger partial charge in [-0.3, -0.25) is 4.79 Å². The summed E-state index contributed by atoms with van der Waals surface area (Å²) in [5.74, 6) is -0.835. The summed E-state index contributed by atoms with van der Waals surface area (Å²) in [6.07, 6.45) is -1.91. The zero-order valence-corrected chi connectivity index (χ0v) is 17.3. The van der Waals surface area contributed by atoms with Gasteiger partial charge in [-0.15, -0.1) is 0 Å². The highest BCUT2D eigenvalue weighted by Gasteiger charge is 2.44. The van der Waals surface area contributed by atoms with Gasteiger partial charge in [-0.25, -0.2) is 4.79 Å². The second-order valence-corrected chi connectivity index (χ2v) is 9.03. The molecule has 1 amide bonds. The number of nitriles is 1. The quantitative estimate of drug-likeness (QED) is 0.604. The Balaban J connectivity index is 1.82. The van der Waals surface area contributed by atoms with Crippen molar-refractivity contribution in [3.05, 3.63) is 34.9 Å². The van der Waals surface area contributed by atoms with Crippen LogP contribution in [0.25, 0.3) is 0 Å². The summed E-state index contributed by atoms with van der Waals surface area (Å²) in [5, 5.41) is 8.95. The Morgan fingerprint density at radius 1 is 1.13 bits per heavy atom. The minimum Gasteiger partial charge on any atom is -0.444 e. The molecule has 2 fully saturated rings. The number of hydrogen-bond donors (Lipinski definition) is 0. The number of rotatable bonds is 2. The van der Waals surface area contributed by atoms with Crippen LogP contribution in [0.4, 0.5) is 18.0 Å². The Bertz CT molecular complexity index is 869. The molecule has 0 aromatic heterocycles. The zero-order valence-electron chi connectivity index (χ0n) is 17.3. The third-order valence-corrected chi connectivity index (χ3v) is 5.68. The fourth-order valence-electron chi connectivity index (χ4n) is 4.47. The van der Waals surface area contributed by atoms with Crippen molar-refractivity contribution in [1.82, 2.24) is 4.90 Å². The average Bonchev–Trinajstić information content (AvgIpc) is 2.63. The maximum atomic E-state index is 13.3. The topological polar surface area (TPSA) is 70.4 Å². The summed E-state index contributed by atoms with van der Waals surface area (Å²) >= 11 is 0.